The number of hydrogen-bond acceptors (Lipinski definition) is 6. The van der Waals surface area contributed by atoms with Gasteiger partial charge in [-0.05, 0) is 83.1 Å². The van der Waals surface area contributed by atoms with E-state index in [1.807, 2.05) is 48.5 Å². The number of methoxy groups -OCH3 is 2. The molecular formula is C35H34N2O4. The molecule has 0 saturated carbocycles. The highest BCUT2D eigenvalue weighted by molar-refractivity contribution is 5.61. The Balaban J connectivity index is 1.36. The summed E-state index contributed by atoms with van der Waals surface area (Å²) in [5, 5.41) is 12.8. The van der Waals surface area contributed by atoms with Gasteiger partial charge in [0.2, 0.25) is 0 Å². The normalized spacial score (nSPS) is 14.2. The molecule has 5 rings (SSSR count). The van der Waals surface area contributed by atoms with Crippen molar-refractivity contribution in [2.45, 2.75) is 32.6 Å². The summed E-state index contributed by atoms with van der Waals surface area (Å²) in [7, 11) is 3.32. The number of nitriles is 1. The van der Waals surface area contributed by atoms with Crippen molar-refractivity contribution in [1.82, 2.24) is 5.32 Å². The van der Waals surface area contributed by atoms with E-state index in [-0.39, 0.29) is 6.04 Å². The minimum absolute atomic E-state index is 0.0235. The minimum atomic E-state index is 0.0235. The van der Waals surface area contributed by atoms with E-state index in [0.717, 1.165) is 46.7 Å². The van der Waals surface area contributed by atoms with Gasteiger partial charge in [0, 0.05) is 6.54 Å². The molecule has 6 heteroatoms. The van der Waals surface area contributed by atoms with E-state index in [1.54, 1.807) is 20.3 Å². The van der Waals surface area contributed by atoms with Crippen LogP contribution in [0.3, 0.4) is 0 Å². The quantitative estimate of drug-likeness (QED) is 0.232. The number of ether oxygens (including phenoxy) is 4. The molecular weight excluding hydrogens is 512 g/mol. The number of fused-ring (bicyclic) bond motifs is 1. The van der Waals surface area contributed by atoms with Crippen LogP contribution in [0.1, 0.15) is 45.0 Å². The molecule has 0 spiro atoms. The smallest absolute Gasteiger partial charge is 0.162 e. The first kappa shape index (κ1) is 27.8. The first-order chi connectivity index (χ1) is 20.1. The van der Waals surface area contributed by atoms with Gasteiger partial charge in [0.15, 0.2) is 23.0 Å². The first-order valence-corrected chi connectivity index (χ1v) is 13.7. The third-order valence-corrected chi connectivity index (χ3v) is 7.23. The molecule has 0 saturated heterocycles. The molecule has 4 aromatic carbocycles. The maximum atomic E-state index is 9.20. The Morgan fingerprint density at radius 2 is 1.54 bits per heavy atom. The van der Waals surface area contributed by atoms with Gasteiger partial charge >= 0.3 is 0 Å². The Bertz CT molecular complexity index is 1570. The number of nitrogens with one attached hydrogen (secondary N) is 1. The molecule has 6 nitrogen and oxygen atoms in total. The lowest BCUT2D eigenvalue weighted by Gasteiger charge is -2.26. The van der Waals surface area contributed by atoms with Crippen LogP contribution in [0.15, 0.2) is 84.9 Å². The zero-order valence-corrected chi connectivity index (χ0v) is 23.6. The van der Waals surface area contributed by atoms with Crippen molar-refractivity contribution in [2.24, 2.45) is 0 Å². The van der Waals surface area contributed by atoms with Crippen LogP contribution in [0.25, 0.3) is 6.08 Å². The SMILES string of the molecule is COc1cc(C)c(/C=C/C2NCCc3cc(OCc4ccccc4)c(OC)cc32)cc1OCc1cccc(C#N)c1. The van der Waals surface area contributed by atoms with E-state index in [9.17, 15) is 5.26 Å². The molecule has 1 N–H and O–H groups in total. The molecule has 1 aliphatic heterocycles. The van der Waals surface area contributed by atoms with Crippen molar-refractivity contribution in [3.63, 3.8) is 0 Å². The van der Waals surface area contributed by atoms with Crippen LogP contribution in [-0.4, -0.2) is 20.8 Å². The lowest BCUT2D eigenvalue weighted by atomic mass is 9.92. The van der Waals surface area contributed by atoms with E-state index in [2.05, 4.69) is 54.7 Å². The van der Waals surface area contributed by atoms with Crippen LogP contribution in [-0.2, 0) is 19.6 Å². The van der Waals surface area contributed by atoms with Gasteiger partial charge in [-0.3, -0.25) is 0 Å². The highest BCUT2D eigenvalue weighted by Gasteiger charge is 2.21. The second kappa shape index (κ2) is 13.1. The summed E-state index contributed by atoms with van der Waals surface area (Å²) in [6.45, 7) is 3.75. The van der Waals surface area contributed by atoms with Crippen molar-refractivity contribution < 1.29 is 18.9 Å². The second-order valence-electron chi connectivity index (χ2n) is 9.98. The fourth-order valence-electron chi connectivity index (χ4n) is 5.00. The standard InChI is InChI=1S/C35H34N2O4/c1-24-16-32(38-2)34(41-23-27-11-7-10-26(17-27)21-36)18-28(24)12-13-31-30-20-33(39-3)35(19-29(30)14-15-37-31)40-22-25-8-5-4-6-9-25/h4-13,16-20,31,37H,14-15,22-23H2,1-3H3/b13-12+. The fourth-order valence-corrected chi connectivity index (χ4v) is 5.00. The largest absolute Gasteiger partial charge is 0.493 e. The van der Waals surface area contributed by atoms with Crippen LogP contribution >= 0.6 is 0 Å². The zero-order chi connectivity index (χ0) is 28.6. The Labute approximate surface area is 241 Å². The van der Waals surface area contributed by atoms with Gasteiger partial charge in [0.05, 0.1) is 31.9 Å². The Kier molecular flexibility index (Phi) is 8.88. The lowest BCUT2D eigenvalue weighted by Crippen LogP contribution is -2.28. The monoisotopic (exact) mass is 546 g/mol. The average Bonchev–Trinajstić information content (AvgIpc) is 3.02. The maximum Gasteiger partial charge on any atom is 0.162 e. The van der Waals surface area contributed by atoms with Gasteiger partial charge in [-0.15, -0.1) is 0 Å². The molecule has 0 amide bonds. The molecule has 0 bridgehead atoms. The number of aryl methyl sites for hydroxylation is 1. The summed E-state index contributed by atoms with van der Waals surface area (Å²) in [6, 6.07) is 27.9. The van der Waals surface area contributed by atoms with Crippen LogP contribution < -0.4 is 24.3 Å². The third-order valence-electron chi connectivity index (χ3n) is 7.23. The number of rotatable bonds is 10. The van der Waals surface area contributed by atoms with Gasteiger partial charge in [0.25, 0.3) is 0 Å². The topological polar surface area (TPSA) is 72.7 Å². The number of benzene rings is 4. The highest BCUT2D eigenvalue weighted by Crippen LogP contribution is 2.37. The van der Waals surface area contributed by atoms with E-state index in [4.69, 9.17) is 18.9 Å². The Morgan fingerprint density at radius 3 is 2.29 bits per heavy atom. The predicted molar refractivity (Wildman–Crippen MR) is 160 cm³/mol. The predicted octanol–water partition coefficient (Wildman–Crippen LogP) is 6.94. The van der Waals surface area contributed by atoms with E-state index < -0.39 is 0 Å². The zero-order valence-electron chi connectivity index (χ0n) is 23.6. The summed E-state index contributed by atoms with van der Waals surface area (Å²) in [4.78, 5) is 0. The molecule has 1 aliphatic rings. The van der Waals surface area contributed by atoms with Gasteiger partial charge in [0.1, 0.15) is 13.2 Å². The lowest BCUT2D eigenvalue weighted by molar-refractivity contribution is 0.283. The molecule has 208 valence electrons. The van der Waals surface area contributed by atoms with Crippen LogP contribution in [0.4, 0.5) is 0 Å². The van der Waals surface area contributed by atoms with Crippen LogP contribution in [0.5, 0.6) is 23.0 Å². The van der Waals surface area contributed by atoms with Gasteiger partial charge in [-0.2, -0.15) is 5.26 Å². The van der Waals surface area contributed by atoms with Crippen molar-refractivity contribution in [1.29, 1.82) is 5.26 Å². The van der Waals surface area contributed by atoms with Gasteiger partial charge < -0.3 is 24.3 Å². The molecule has 1 unspecified atom stereocenters. The molecule has 41 heavy (non-hydrogen) atoms. The van der Waals surface area contributed by atoms with Gasteiger partial charge in [-0.25, -0.2) is 0 Å². The first-order valence-electron chi connectivity index (χ1n) is 13.7. The van der Waals surface area contributed by atoms with E-state index in [1.165, 1.54) is 11.1 Å². The second-order valence-corrected chi connectivity index (χ2v) is 9.98. The van der Waals surface area contributed by atoms with Crippen LogP contribution in [0, 0.1) is 18.3 Å². The summed E-state index contributed by atoms with van der Waals surface area (Å²) in [6.07, 6.45) is 5.21. The molecule has 4 aromatic rings. The Morgan fingerprint density at radius 1 is 0.829 bits per heavy atom. The minimum Gasteiger partial charge on any atom is -0.493 e. The fraction of sp³-hybridized carbons (Fsp3) is 0.229. The third kappa shape index (κ3) is 6.71. The van der Waals surface area contributed by atoms with Crippen molar-refractivity contribution in [3.8, 4) is 29.1 Å². The molecule has 1 atom stereocenters. The maximum absolute atomic E-state index is 9.20. The average molecular weight is 547 g/mol. The van der Waals surface area contributed by atoms with Crippen molar-refractivity contribution >= 4 is 6.08 Å². The number of hydrogen-bond donors (Lipinski definition) is 1. The number of nitrogens with zero attached hydrogens (tertiary/aromatic N) is 1. The van der Waals surface area contributed by atoms with Crippen LogP contribution in [0.2, 0.25) is 0 Å². The highest BCUT2D eigenvalue weighted by atomic mass is 16.5. The van der Waals surface area contributed by atoms with Crippen molar-refractivity contribution in [3.05, 3.63) is 124 Å². The molecule has 1 heterocycles. The molecule has 0 aliphatic carbocycles. The van der Waals surface area contributed by atoms with Gasteiger partial charge in [-0.1, -0.05) is 54.6 Å². The summed E-state index contributed by atoms with van der Waals surface area (Å²) < 4.78 is 23.6. The Hall–Kier alpha value is -4.73. The molecule has 0 aromatic heterocycles. The molecule has 0 fully saturated rings. The summed E-state index contributed by atoms with van der Waals surface area (Å²) >= 11 is 0. The van der Waals surface area contributed by atoms with E-state index in [0.29, 0.717) is 30.3 Å². The van der Waals surface area contributed by atoms with E-state index >= 15 is 0 Å². The summed E-state index contributed by atoms with van der Waals surface area (Å²) in [5.41, 5.74) is 7.19. The summed E-state index contributed by atoms with van der Waals surface area (Å²) in [5.74, 6) is 2.80. The van der Waals surface area contributed by atoms with Crippen molar-refractivity contribution in [2.75, 3.05) is 20.8 Å². The molecule has 0 radical (unpaired) electrons.